The smallest absolute Gasteiger partial charge is 0.341 e. The number of amides is 1. The standard InChI is InChI=1S/C21H22ClF3N6O/c22-15-3-4-16-14(5-15)6-28(12-21(23,24)25)7-17-26-27-19(31(16)17)30-10-20(11-30)8-29(9-20)18(32)13-1-2-13/h3-5,13H,1-2,6-12H2. The van der Waals surface area contributed by atoms with Gasteiger partial charge in [-0.15, -0.1) is 10.2 Å². The molecule has 1 spiro atoms. The molecular formula is C21H22ClF3N6O. The Morgan fingerprint density at radius 2 is 1.88 bits per heavy atom. The molecular weight excluding hydrogens is 445 g/mol. The Hall–Kier alpha value is -2.33. The molecule has 1 saturated carbocycles. The van der Waals surface area contributed by atoms with Crippen LogP contribution in [0.5, 0.6) is 0 Å². The molecule has 11 heteroatoms. The SMILES string of the molecule is O=C(C1CC1)N1CC2(C1)CN(c1nnc3n1-c1ccc(Cl)cc1CN(CC(F)(F)F)C3)C2. The highest BCUT2D eigenvalue weighted by atomic mass is 35.5. The summed E-state index contributed by atoms with van der Waals surface area (Å²) in [4.78, 5) is 17.6. The first-order valence-corrected chi connectivity index (χ1v) is 11.1. The third-order valence-corrected chi connectivity index (χ3v) is 7.02. The second-order valence-electron chi connectivity index (χ2n) is 9.61. The summed E-state index contributed by atoms with van der Waals surface area (Å²) in [6.45, 7) is 2.20. The number of hydrogen-bond donors (Lipinski definition) is 0. The molecule has 4 heterocycles. The molecule has 1 amide bonds. The van der Waals surface area contributed by atoms with Gasteiger partial charge < -0.3 is 9.80 Å². The number of likely N-dealkylation sites (tertiary alicyclic amines) is 1. The van der Waals surface area contributed by atoms with Crippen molar-refractivity contribution in [3.8, 4) is 5.69 Å². The number of carbonyl (C=O) groups is 1. The van der Waals surface area contributed by atoms with Gasteiger partial charge in [-0.25, -0.2) is 0 Å². The average molecular weight is 467 g/mol. The number of aromatic nitrogens is 3. The quantitative estimate of drug-likeness (QED) is 0.696. The zero-order valence-corrected chi connectivity index (χ0v) is 18.0. The summed E-state index contributed by atoms with van der Waals surface area (Å²) >= 11 is 6.16. The van der Waals surface area contributed by atoms with Crippen molar-refractivity contribution in [1.82, 2.24) is 24.6 Å². The minimum atomic E-state index is -4.31. The molecule has 3 fully saturated rings. The van der Waals surface area contributed by atoms with Crippen LogP contribution in [0.4, 0.5) is 19.1 Å². The van der Waals surface area contributed by atoms with Crippen molar-refractivity contribution in [2.24, 2.45) is 11.3 Å². The minimum absolute atomic E-state index is 0.0431. The number of rotatable bonds is 3. The van der Waals surface area contributed by atoms with Crippen LogP contribution in [0.1, 0.15) is 24.2 Å². The Morgan fingerprint density at radius 1 is 1.12 bits per heavy atom. The van der Waals surface area contributed by atoms with Crippen LogP contribution in [0.15, 0.2) is 18.2 Å². The second-order valence-corrected chi connectivity index (χ2v) is 10.0. The number of benzene rings is 1. The van der Waals surface area contributed by atoms with E-state index < -0.39 is 12.7 Å². The number of carbonyl (C=O) groups excluding carboxylic acids is 1. The first-order chi connectivity index (χ1) is 15.2. The molecule has 7 nitrogen and oxygen atoms in total. The van der Waals surface area contributed by atoms with Crippen molar-refractivity contribution in [2.75, 3.05) is 37.6 Å². The van der Waals surface area contributed by atoms with Crippen LogP contribution in [-0.4, -0.2) is 69.4 Å². The average Bonchev–Trinajstić information content (AvgIpc) is 3.42. The summed E-state index contributed by atoms with van der Waals surface area (Å²) in [7, 11) is 0. The lowest BCUT2D eigenvalue weighted by atomic mass is 9.73. The number of fused-ring (bicyclic) bond motifs is 3. The molecule has 0 N–H and O–H groups in total. The highest BCUT2D eigenvalue weighted by Gasteiger charge is 2.55. The predicted octanol–water partition coefficient (Wildman–Crippen LogP) is 2.86. The summed E-state index contributed by atoms with van der Waals surface area (Å²) in [5.74, 6) is 1.63. The Balaban J connectivity index is 1.25. The van der Waals surface area contributed by atoms with Crippen molar-refractivity contribution >= 4 is 23.5 Å². The Labute approximate surface area is 187 Å². The zero-order valence-electron chi connectivity index (χ0n) is 17.3. The first-order valence-electron chi connectivity index (χ1n) is 10.8. The number of anilines is 1. The summed E-state index contributed by atoms with van der Waals surface area (Å²) < 4.78 is 41.2. The van der Waals surface area contributed by atoms with Crippen LogP contribution in [0.3, 0.4) is 0 Å². The van der Waals surface area contributed by atoms with Crippen LogP contribution in [0.25, 0.3) is 5.69 Å². The number of halogens is 4. The maximum atomic E-state index is 13.1. The first kappa shape index (κ1) is 20.3. The molecule has 0 bridgehead atoms. The lowest BCUT2D eigenvalue weighted by Crippen LogP contribution is -2.73. The van der Waals surface area contributed by atoms with E-state index in [1.807, 2.05) is 15.5 Å². The van der Waals surface area contributed by atoms with Gasteiger partial charge in [0.05, 0.1) is 18.8 Å². The molecule has 4 aliphatic rings. The lowest BCUT2D eigenvalue weighted by Gasteiger charge is -2.60. The molecule has 2 aromatic rings. The van der Waals surface area contributed by atoms with Gasteiger partial charge in [-0.3, -0.25) is 14.3 Å². The molecule has 6 rings (SSSR count). The molecule has 0 atom stereocenters. The van der Waals surface area contributed by atoms with Gasteiger partial charge in [-0.1, -0.05) is 11.6 Å². The fraction of sp³-hybridized carbons (Fsp3) is 0.571. The Bertz CT molecular complexity index is 1080. The van der Waals surface area contributed by atoms with Crippen LogP contribution >= 0.6 is 11.6 Å². The molecule has 3 aliphatic heterocycles. The molecule has 1 aromatic carbocycles. The van der Waals surface area contributed by atoms with E-state index in [0.29, 0.717) is 22.4 Å². The molecule has 0 unspecified atom stereocenters. The van der Waals surface area contributed by atoms with Crippen molar-refractivity contribution in [2.45, 2.75) is 32.1 Å². The van der Waals surface area contributed by atoms with Crippen LogP contribution in [0.2, 0.25) is 5.02 Å². The Kier molecular flexibility index (Phi) is 4.33. The molecule has 0 radical (unpaired) electrons. The minimum Gasteiger partial charge on any atom is -0.341 e. The van der Waals surface area contributed by atoms with Gasteiger partial charge >= 0.3 is 6.18 Å². The van der Waals surface area contributed by atoms with Gasteiger partial charge in [-0.05, 0) is 36.6 Å². The van der Waals surface area contributed by atoms with Gasteiger partial charge in [0.15, 0.2) is 5.82 Å². The van der Waals surface area contributed by atoms with E-state index in [1.54, 1.807) is 12.1 Å². The van der Waals surface area contributed by atoms with Gasteiger partial charge in [0.25, 0.3) is 0 Å². The largest absolute Gasteiger partial charge is 0.401 e. The van der Waals surface area contributed by atoms with Gasteiger partial charge in [0, 0.05) is 49.1 Å². The fourth-order valence-corrected chi connectivity index (χ4v) is 5.43. The number of alkyl halides is 3. The van der Waals surface area contributed by atoms with Gasteiger partial charge in [-0.2, -0.15) is 13.2 Å². The van der Waals surface area contributed by atoms with E-state index in [0.717, 1.165) is 44.7 Å². The highest BCUT2D eigenvalue weighted by molar-refractivity contribution is 6.30. The van der Waals surface area contributed by atoms with E-state index >= 15 is 0 Å². The van der Waals surface area contributed by atoms with Gasteiger partial charge in [0.1, 0.15) is 0 Å². The maximum Gasteiger partial charge on any atom is 0.401 e. The molecule has 1 aromatic heterocycles. The second kappa shape index (κ2) is 6.84. The number of nitrogens with zero attached hydrogens (tertiary/aromatic N) is 6. The van der Waals surface area contributed by atoms with Crippen LogP contribution in [0, 0.1) is 11.3 Å². The third-order valence-electron chi connectivity index (χ3n) is 6.78. The summed E-state index contributed by atoms with van der Waals surface area (Å²) in [5, 5.41) is 9.08. The van der Waals surface area contributed by atoms with Crippen molar-refractivity contribution in [1.29, 1.82) is 0 Å². The monoisotopic (exact) mass is 466 g/mol. The molecule has 1 aliphatic carbocycles. The van der Waals surface area contributed by atoms with E-state index in [-0.39, 0.29) is 30.3 Å². The van der Waals surface area contributed by atoms with Crippen LogP contribution in [-0.2, 0) is 17.9 Å². The van der Waals surface area contributed by atoms with Crippen molar-refractivity contribution < 1.29 is 18.0 Å². The Morgan fingerprint density at radius 3 is 2.56 bits per heavy atom. The van der Waals surface area contributed by atoms with Crippen molar-refractivity contribution in [3.63, 3.8) is 0 Å². The topological polar surface area (TPSA) is 57.5 Å². The van der Waals surface area contributed by atoms with E-state index in [9.17, 15) is 18.0 Å². The third kappa shape index (κ3) is 3.44. The normalized spacial score (nSPS) is 22.1. The lowest BCUT2D eigenvalue weighted by molar-refractivity contribution is -0.148. The molecule has 32 heavy (non-hydrogen) atoms. The predicted molar refractivity (Wildman–Crippen MR) is 110 cm³/mol. The summed E-state index contributed by atoms with van der Waals surface area (Å²) in [6.07, 6.45) is -2.29. The maximum absolute atomic E-state index is 13.1. The fourth-order valence-electron chi connectivity index (χ4n) is 5.23. The van der Waals surface area contributed by atoms with E-state index in [4.69, 9.17) is 11.6 Å². The van der Waals surface area contributed by atoms with Crippen LogP contribution < -0.4 is 4.90 Å². The molecule has 2 saturated heterocycles. The number of hydrogen-bond acceptors (Lipinski definition) is 5. The van der Waals surface area contributed by atoms with E-state index in [1.165, 1.54) is 4.90 Å². The van der Waals surface area contributed by atoms with Crippen molar-refractivity contribution in [3.05, 3.63) is 34.6 Å². The van der Waals surface area contributed by atoms with E-state index in [2.05, 4.69) is 15.1 Å². The van der Waals surface area contributed by atoms with Gasteiger partial charge in [0.2, 0.25) is 11.9 Å². The highest BCUT2D eigenvalue weighted by Crippen LogP contribution is 2.45. The molecule has 170 valence electrons. The summed E-state index contributed by atoms with van der Waals surface area (Å²) in [6, 6.07) is 5.27. The summed E-state index contributed by atoms with van der Waals surface area (Å²) in [5.41, 5.74) is 1.56. The zero-order chi connectivity index (χ0) is 22.3.